The second-order valence-electron chi connectivity index (χ2n) is 7.26. The van der Waals surface area contributed by atoms with E-state index in [-0.39, 0.29) is 5.78 Å². The molecule has 30 heavy (non-hydrogen) atoms. The number of ketones is 1. The number of unbranched alkanes of at least 4 members (excludes halogenated alkanes) is 1. The van der Waals surface area contributed by atoms with E-state index < -0.39 is 0 Å². The fraction of sp³-hybridized carbons (Fsp3) is 0.179. The first-order valence-electron chi connectivity index (χ1n) is 10.4. The van der Waals surface area contributed by atoms with Crippen molar-refractivity contribution < 1.29 is 9.53 Å². The van der Waals surface area contributed by atoms with Crippen LogP contribution >= 0.6 is 0 Å². The number of benzene rings is 3. The average molecular weight is 397 g/mol. The third-order valence-electron chi connectivity index (χ3n) is 4.95. The quantitative estimate of drug-likeness (QED) is 0.203. The first-order chi connectivity index (χ1) is 14.7. The lowest BCUT2D eigenvalue weighted by Crippen LogP contribution is -1.97. The SMILES string of the molecule is C=Cc1ccc(COCCCCc2ccc(/C=C/C(=O)c3ccccc3)cc2)cc1. The van der Waals surface area contributed by atoms with E-state index in [1.807, 2.05) is 42.5 Å². The largest absolute Gasteiger partial charge is 0.377 e. The van der Waals surface area contributed by atoms with Crippen LogP contribution in [0, 0.1) is 0 Å². The fourth-order valence-corrected chi connectivity index (χ4v) is 3.14. The zero-order valence-electron chi connectivity index (χ0n) is 17.3. The molecule has 0 heterocycles. The van der Waals surface area contributed by atoms with Gasteiger partial charge in [0.15, 0.2) is 5.78 Å². The van der Waals surface area contributed by atoms with Crippen LogP contribution in [0.15, 0.2) is 91.5 Å². The lowest BCUT2D eigenvalue weighted by molar-refractivity contribution is 0.104. The monoisotopic (exact) mass is 396 g/mol. The molecule has 0 fully saturated rings. The van der Waals surface area contributed by atoms with Gasteiger partial charge in [-0.05, 0) is 47.6 Å². The van der Waals surface area contributed by atoms with E-state index in [2.05, 4.69) is 55.1 Å². The number of carbonyl (C=O) groups is 1. The minimum atomic E-state index is 0.0244. The highest BCUT2D eigenvalue weighted by molar-refractivity contribution is 6.06. The molecule has 0 amide bonds. The third kappa shape index (κ3) is 6.98. The van der Waals surface area contributed by atoms with Crippen LogP contribution in [-0.2, 0) is 17.8 Å². The summed E-state index contributed by atoms with van der Waals surface area (Å²) in [7, 11) is 0. The van der Waals surface area contributed by atoms with Crippen LogP contribution in [0.4, 0.5) is 0 Å². The van der Waals surface area contributed by atoms with Crippen molar-refractivity contribution in [1.29, 1.82) is 0 Å². The molecule has 2 nitrogen and oxygen atoms in total. The molecule has 0 saturated heterocycles. The second kappa shape index (κ2) is 11.7. The Balaban J connectivity index is 1.34. The van der Waals surface area contributed by atoms with Gasteiger partial charge < -0.3 is 4.74 Å². The van der Waals surface area contributed by atoms with Crippen LogP contribution in [-0.4, -0.2) is 12.4 Å². The number of aryl methyl sites for hydroxylation is 1. The summed E-state index contributed by atoms with van der Waals surface area (Å²) in [6, 6.07) is 26.0. The minimum Gasteiger partial charge on any atom is -0.377 e. The molecule has 3 aromatic rings. The Morgan fingerprint density at radius 2 is 1.47 bits per heavy atom. The summed E-state index contributed by atoms with van der Waals surface area (Å²) < 4.78 is 5.77. The van der Waals surface area contributed by atoms with E-state index >= 15 is 0 Å². The summed E-state index contributed by atoms with van der Waals surface area (Å²) >= 11 is 0. The van der Waals surface area contributed by atoms with E-state index in [1.54, 1.807) is 6.08 Å². The number of allylic oxidation sites excluding steroid dienone is 1. The molecule has 0 spiro atoms. The van der Waals surface area contributed by atoms with Crippen molar-refractivity contribution in [2.75, 3.05) is 6.61 Å². The molecule has 152 valence electrons. The second-order valence-corrected chi connectivity index (χ2v) is 7.26. The summed E-state index contributed by atoms with van der Waals surface area (Å²) in [4.78, 5) is 12.1. The first kappa shape index (κ1) is 21.5. The molecule has 0 saturated carbocycles. The van der Waals surface area contributed by atoms with Gasteiger partial charge in [-0.1, -0.05) is 97.6 Å². The van der Waals surface area contributed by atoms with Gasteiger partial charge in [0.1, 0.15) is 0 Å². The number of hydrogen-bond donors (Lipinski definition) is 0. The summed E-state index contributed by atoms with van der Waals surface area (Å²) in [6.07, 6.45) is 8.51. The zero-order valence-corrected chi connectivity index (χ0v) is 17.3. The molecule has 0 aliphatic heterocycles. The molecular weight excluding hydrogens is 368 g/mol. The molecule has 0 aliphatic carbocycles. The Kier molecular flexibility index (Phi) is 8.37. The van der Waals surface area contributed by atoms with Gasteiger partial charge >= 0.3 is 0 Å². The van der Waals surface area contributed by atoms with Gasteiger partial charge in [0.05, 0.1) is 6.61 Å². The molecule has 2 heteroatoms. The first-order valence-corrected chi connectivity index (χ1v) is 10.4. The Labute approximate surface area is 179 Å². The summed E-state index contributed by atoms with van der Waals surface area (Å²) in [5.41, 5.74) is 5.37. The molecular formula is C28H28O2. The van der Waals surface area contributed by atoms with E-state index in [0.29, 0.717) is 12.2 Å². The van der Waals surface area contributed by atoms with Gasteiger partial charge in [-0.25, -0.2) is 0 Å². The van der Waals surface area contributed by atoms with E-state index in [0.717, 1.165) is 37.0 Å². The van der Waals surface area contributed by atoms with Crippen LogP contribution in [0.5, 0.6) is 0 Å². The molecule has 0 N–H and O–H groups in total. The lowest BCUT2D eigenvalue weighted by atomic mass is 10.0. The van der Waals surface area contributed by atoms with Gasteiger partial charge in [-0.15, -0.1) is 0 Å². The Bertz CT molecular complexity index is 952. The van der Waals surface area contributed by atoms with Crippen LogP contribution in [0.1, 0.15) is 45.5 Å². The molecule has 0 unspecified atom stereocenters. The molecule has 0 radical (unpaired) electrons. The molecule has 0 aliphatic rings. The van der Waals surface area contributed by atoms with Crippen molar-refractivity contribution in [3.8, 4) is 0 Å². The van der Waals surface area contributed by atoms with Gasteiger partial charge in [0.25, 0.3) is 0 Å². The topological polar surface area (TPSA) is 26.3 Å². The molecule has 3 aromatic carbocycles. The average Bonchev–Trinajstić information content (AvgIpc) is 2.81. The van der Waals surface area contributed by atoms with Crippen molar-refractivity contribution in [3.05, 3.63) is 119 Å². The van der Waals surface area contributed by atoms with E-state index in [1.165, 1.54) is 11.1 Å². The maximum atomic E-state index is 12.1. The van der Waals surface area contributed by atoms with E-state index in [9.17, 15) is 4.79 Å². The highest BCUT2D eigenvalue weighted by Gasteiger charge is 2.00. The zero-order chi connectivity index (χ0) is 21.0. The Morgan fingerprint density at radius 1 is 0.800 bits per heavy atom. The lowest BCUT2D eigenvalue weighted by Gasteiger charge is -2.06. The molecule has 0 aromatic heterocycles. The fourth-order valence-electron chi connectivity index (χ4n) is 3.14. The van der Waals surface area contributed by atoms with Crippen molar-refractivity contribution >= 4 is 17.9 Å². The number of hydrogen-bond acceptors (Lipinski definition) is 2. The maximum Gasteiger partial charge on any atom is 0.185 e. The normalized spacial score (nSPS) is 10.9. The molecule has 3 rings (SSSR count). The highest BCUT2D eigenvalue weighted by atomic mass is 16.5. The van der Waals surface area contributed by atoms with Gasteiger partial charge in [0.2, 0.25) is 0 Å². The predicted octanol–water partition coefficient (Wildman–Crippen LogP) is 6.77. The number of rotatable bonds is 11. The van der Waals surface area contributed by atoms with Gasteiger partial charge in [-0.2, -0.15) is 0 Å². The van der Waals surface area contributed by atoms with Crippen molar-refractivity contribution in [2.45, 2.75) is 25.9 Å². The van der Waals surface area contributed by atoms with Crippen LogP contribution in [0.3, 0.4) is 0 Å². The number of carbonyl (C=O) groups excluding carboxylic acids is 1. The third-order valence-corrected chi connectivity index (χ3v) is 4.95. The molecule has 0 bridgehead atoms. The van der Waals surface area contributed by atoms with Gasteiger partial charge in [-0.3, -0.25) is 4.79 Å². The smallest absolute Gasteiger partial charge is 0.185 e. The van der Waals surface area contributed by atoms with E-state index in [4.69, 9.17) is 4.74 Å². The van der Waals surface area contributed by atoms with Crippen LogP contribution in [0.25, 0.3) is 12.2 Å². The number of ether oxygens (including phenoxy) is 1. The highest BCUT2D eigenvalue weighted by Crippen LogP contribution is 2.11. The Hall–Kier alpha value is -3.23. The summed E-state index contributed by atoms with van der Waals surface area (Å²) in [5, 5.41) is 0. The maximum absolute atomic E-state index is 12.1. The van der Waals surface area contributed by atoms with Crippen LogP contribution in [0.2, 0.25) is 0 Å². The summed E-state index contributed by atoms with van der Waals surface area (Å²) in [6.45, 7) is 5.19. The van der Waals surface area contributed by atoms with Crippen LogP contribution < -0.4 is 0 Å². The Morgan fingerprint density at radius 3 is 2.17 bits per heavy atom. The summed E-state index contributed by atoms with van der Waals surface area (Å²) in [5.74, 6) is 0.0244. The van der Waals surface area contributed by atoms with Gasteiger partial charge in [0, 0.05) is 12.2 Å². The standard InChI is InChI=1S/C28H28O2/c1-2-23-11-17-26(18-12-23)22-30-21-7-6-8-24-13-15-25(16-14-24)19-20-28(29)27-9-4-3-5-10-27/h2-5,9-20H,1,6-8,21-22H2/b20-19+. The predicted molar refractivity (Wildman–Crippen MR) is 125 cm³/mol. The molecule has 0 atom stereocenters. The van der Waals surface area contributed by atoms with Crippen molar-refractivity contribution in [1.82, 2.24) is 0 Å². The van der Waals surface area contributed by atoms with Crippen molar-refractivity contribution in [2.24, 2.45) is 0 Å². The minimum absolute atomic E-state index is 0.0244. The van der Waals surface area contributed by atoms with Crippen molar-refractivity contribution in [3.63, 3.8) is 0 Å².